The maximum Gasteiger partial charge on any atom is 0.165 e. The van der Waals surface area contributed by atoms with Gasteiger partial charge in [0.2, 0.25) is 0 Å². The molecular formula is C11H7BrClFN2O. The third-order valence-electron chi connectivity index (χ3n) is 2.11. The predicted octanol–water partition coefficient (Wildman–Crippen LogP) is 3.71. The van der Waals surface area contributed by atoms with Gasteiger partial charge in [-0.3, -0.25) is 0 Å². The third-order valence-corrected chi connectivity index (χ3v) is 3.21. The highest BCUT2D eigenvalue weighted by atomic mass is 79.9. The number of nitrogens with zero attached hydrogens (tertiary/aromatic N) is 2. The van der Waals surface area contributed by atoms with Crippen molar-refractivity contribution < 1.29 is 9.13 Å². The summed E-state index contributed by atoms with van der Waals surface area (Å²) in [6.07, 6.45) is 1.52. The van der Waals surface area contributed by atoms with Gasteiger partial charge in [-0.1, -0.05) is 11.6 Å². The van der Waals surface area contributed by atoms with Crippen LogP contribution in [0.3, 0.4) is 0 Å². The third kappa shape index (κ3) is 2.56. The monoisotopic (exact) mass is 316 g/mol. The molecule has 0 atom stereocenters. The van der Waals surface area contributed by atoms with Gasteiger partial charge in [0.05, 0.1) is 11.6 Å². The number of halogens is 3. The van der Waals surface area contributed by atoms with Crippen molar-refractivity contribution in [1.29, 1.82) is 0 Å². The topological polar surface area (TPSA) is 35.0 Å². The van der Waals surface area contributed by atoms with Crippen LogP contribution in [-0.4, -0.2) is 17.1 Å². The number of methoxy groups -OCH3 is 1. The van der Waals surface area contributed by atoms with E-state index < -0.39 is 5.82 Å². The number of hydrogen-bond donors (Lipinski definition) is 0. The maximum absolute atomic E-state index is 13.5. The number of rotatable bonds is 2. The minimum absolute atomic E-state index is 0.178. The van der Waals surface area contributed by atoms with Gasteiger partial charge in [-0.2, -0.15) is 0 Å². The van der Waals surface area contributed by atoms with E-state index in [2.05, 4.69) is 25.9 Å². The van der Waals surface area contributed by atoms with Gasteiger partial charge in [0.1, 0.15) is 5.15 Å². The zero-order valence-electron chi connectivity index (χ0n) is 8.75. The fourth-order valence-corrected chi connectivity index (χ4v) is 1.61. The van der Waals surface area contributed by atoms with Crippen LogP contribution in [0, 0.1) is 5.82 Å². The summed E-state index contributed by atoms with van der Waals surface area (Å²) >= 11 is 9.03. The van der Waals surface area contributed by atoms with E-state index in [1.807, 2.05) is 0 Å². The molecule has 0 N–H and O–H groups in total. The molecule has 0 saturated heterocycles. The standard InChI is InChI=1S/C11H7BrClFN2O/c1-17-9-3-2-6(4-8(9)14)11-15-5-7(12)10(13)16-11/h2-5H,1H3. The Labute approximate surface area is 111 Å². The van der Waals surface area contributed by atoms with Gasteiger partial charge in [-0.25, -0.2) is 14.4 Å². The summed E-state index contributed by atoms with van der Waals surface area (Å²) in [5.74, 6) is 0.0735. The van der Waals surface area contributed by atoms with Gasteiger partial charge in [0, 0.05) is 11.8 Å². The lowest BCUT2D eigenvalue weighted by atomic mass is 10.2. The zero-order valence-corrected chi connectivity index (χ0v) is 11.1. The smallest absolute Gasteiger partial charge is 0.165 e. The molecule has 1 aromatic carbocycles. The summed E-state index contributed by atoms with van der Waals surface area (Å²) in [5.41, 5.74) is 0.540. The van der Waals surface area contributed by atoms with Gasteiger partial charge in [0.15, 0.2) is 17.4 Å². The number of ether oxygens (including phenoxy) is 1. The summed E-state index contributed by atoms with van der Waals surface area (Å²) in [4.78, 5) is 8.10. The molecule has 88 valence electrons. The molecule has 0 fully saturated rings. The van der Waals surface area contributed by atoms with Crippen LogP contribution < -0.4 is 4.74 Å². The van der Waals surface area contributed by atoms with Crippen molar-refractivity contribution in [3.05, 3.63) is 39.8 Å². The molecule has 6 heteroatoms. The van der Waals surface area contributed by atoms with E-state index in [0.717, 1.165) is 0 Å². The summed E-state index contributed by atoms with van der Waals surface area (Å²) in [6.45, 7) is 0. The summed E-state index contributed by atoms with van der Waals surface area (Å²) in [6, 6.07) is 4.49. The average molecular weight is 318 g/mol. The van der Waals surface area contributed by atoms with Gasteiger partial charge >= 0.3 is 0 Å². The van der Waals surface area contributed by atoms with Crippen LogP contribution in [0.15, 0.2) is 28.9 Å². The predicted molar refractivity (Wildman–Crippen MR) is 66.7 cm³/mol. The number of benzene rings is 1. The number of hydrogen-bond acceptors (Lipinski definition) is 3. The van der Waals surface area contributed by atoms with Crippen molar-refractivity contribution in [2.24, 2.45) is 0 Å². The molecule has 17 heavy (non-hydrogen) atoms. The van der Waals surface area contributed by atoms with Crippen LogP contribution in [0.4, 0.5) is 4.39 Å². The van der Waals surface area contributed by atoms with E-state index in [-0.39, 0.29) is 10.9 Å². The second kappa shape index (κ2) is 4.98. The SMILES string of the molecule is COc1ccc(-c2ncc(Br)c(Cl)n2)cc1F. The van der Waals surface area contributed by atoms with Gasteiger partial charge < -0.3 is 4.74 Å². The first-order valence-corrected chi connectivity index (χ1v) is 5.81. The minimum atomic E-state index is -0.465. The molecule has 0 unspecified atom stereocenters. The number of aromatic nitrogens is 2. The van der Waals surface area contributed by atoms with E-state index in [1.165, 1.54) is 25.4 Å². The molecule has 0 bridgehead atoms. The highest BCUT2D eigenvalue weighted by Gasteiger charge is 2.09. The summed E-state index contributed by atoms with van der Waals surface area (Å²) < 4.78 is 18.9. The molecule has 1 heterocycles. The first kappa shape index (κ1) is 12.3. The Bertz CT molecular complexity index is 565. The summed E-state index contributed by atoms with van der Waals surface area (Å²) in [5, 5.41) is 0.284. The molecule has 0 aliphatic rings. The van der Waals surface area contributed by atoms with E-state index >= 15 is 0 Å². The Kier molecular flexibility index (Phi) is 3.59. The molecule has 1 aromatic heterocycles. The molecular weight excluding hydrogens is 310 g/mol. The Hall–Kier alpha value is -1.20. The van der Waals surface area contributed by atoms with E-state index in [9.17, 15) is 4.39 Å². The summed E-state index contributed by atoms with van der Waals surface area (Å²) in [7, 11) is 1.41. The van der Waals surface area contributed by atoms with Crippen LogP contribution in [-0.2, 0) is 0 Å². The quantitative estimate of drug-likeness (QED) is 0.792. The maximum atomic E-state index is 13.5. The van der Waals surface area contributed by atoms with Crippen molar-refractivity contribution >= 4 is 27.5 Å². The van der Waals surface area contributed by atoms with Crippen LogP contribution in [0.1, 0.15) is 0 Å². The normalized spacial score (nSPS) is 10.4. The van der Waals surface area contributed by atoms with Crippen molar-refractivity contribution in [2.75, 3.05) is 7.11 Å². The Morgan fingerprint density at radius 3 is 2.76 bits per heavy atom. The first-order valence-electron chi connectivity index (χ1n) is 4.64. The lowest BCUT2D eigenvalue weighted by molar-refractivity contribution is 0.386. The van der Waals surface area contributed by atoms with Gasteiger partial charge in [-0.15, -0.1) is 0 Å². The molecule has 0 aliphatic carbocycles. The van der Waals surface area contributed by atoms with Crippen molar-refractivity contribution in [2.45, 2.75) is 0 Å². The molecule has 2 aromatic rings. The van der Waals surface area contributed by atoms with Crippen LogP contribution in [0.25, 0.3) is 11.4 Å². The van der Waals surface area contributed by atoms with E-state index in [4.69, 9.17) is 16.3 Å². The fourth-order valence-electron chi connectivity index (χ4n) is 1.29. The highest BCUT2D eigenvalue weighted by molar-refractivity contribution is 9.10. The minimum Gasteiger partial charge on any atom is -0.494 e. The first-order chi connectivity index (χ1) is 8.11. The molecule has 2 rings (SSSR count). The molecule has 0 aliphatic heterocycles. The van der Waals surface area contributed by atoms with Gasteiger partial charge in [0.25, 0.3) is 0 Å². The lowest BCUT2D eigenvalue weighted by Crippen LogP contribution is -1.92. The molecule has 0 saturated carbocycles. The zero-order chi connectivity index (χ0) is 12.4. The van der Waals surface area contributed by atoms with Crippen LogP contribution in [0.2, 0.25) is 5.15 Å². The Balaban J connectivity index is 2.46. The van der Waals surface area contributed by atoms with E-state index in [0.29, 0.717) is 15.9 Å². The largest absolute Gasteiger partial charge is 0.494 e. The van der Waals surface area contributed by atoms with Gasteiger partial charge in [-0.05, 0) is 34.1 Å². The second-order valence-electron chi connectivity index (χ2n) is 3.18. The van der Waals surface area contributed by atoms with Crippen molar-refractivity contribution in [3.63, 3.8) is 0 Å². The van der Waals surface area contributed by atoms with Crippen LogP contribution in [0.5, 0.6) is 5.75 Å². The average Bonchev–Trinajstić information content (AvgIpc) is 2.32. The van der Waals surface area contributed by atoms with E-state index in [1.54, 1.807) is 6.07 Å². The van der Waals surface area contributed by atoms with Crippen LogP contribution >= 0.6 is 27.5 Å². The molecule has 0 spiro atoms. The fraction of sp³-hybridized carbons (Fsp3) is 0.0909. The highest BCUT2D eigenvalue weighted by Crippen LogP contribution is 2.26. The molecule has 0 amide bonds. The Morgan fingerprint density at radius 1 is 1.41 bits per heavy atom. The van der Waals surface area contributed by atoms with Crippen molar-refractivity contribution in [1.82, 2.24) is 9.97 Å². The molecule has 3 nitrogen and oxygen atoms in total. The lowest BCUT2D eigenvalue weighted by Gasteiger charge is -2.05. The molecule has 0 radical (unpaired) electrons. The second-order valence-corrected chi connectivity index (χ2v) is 4.39. The van der Waals surface area contributed by atoms with Crippen molar-refractivity contribution in [3.8, 4) is 17.1 Å². The Morgan fingerprint density at radius 2 is 2.18 bits per heavy atom.